The Kier molecular flexibility index (Phi) is 8.47. The van der Waals surface area contributed by atoms with Crippen molar-refractivity contribution in [1.29, 1.82) is 0 Å². The van der Waals surface area contributed by atoms with Crippen molar-refractivity contribution >= 4 is 22.4 Å². The number of aryl methyl sites for hydroxylation is 2. The highest BCUT2D eigenvalue weighted by Gasteiger charge is 2.11. The van der Waals surface area contributed by atoms with Gasteiger partial charge in [0.15, 0.2) is 16.6 Å². The molecule has 0 fully saturated rings. The molecule has 164 valence electrons. The molecule has 5 nitrogen and oxygen atoms in total. The van der Waals surface area contributed by atoms with E-state index in [-0.39, 0.29) is 5.91 Å². The summed E-state index contributed by atoms with van der Waals surface area (Å²) in [5.74, 6) is 1.44. The van der Waals surface area contributed by atoms with Crippen molar-refractivity contribution in [1.82, 2.24) is 4.98 Å². The van der Waals surface area contributed by atoms with Crippen LogP contribution < -0.4 is 14.8 Å². The third kappa shape index (κ3) is 6.82. The fourth-order valence-electron chi connectivity index (χ4n) is 3.05. The molecule has 0 aliphatic carbocycles. The molecule has 3 aromatic rings. The summed E-state index contributed by atoms with van der Waals surface area (Å²) in [6.45, 7) is 7.39. The van der Waals surface area contributed by atoms with Crippen LogP contribution in [-0.4, -0.2) is 24.1 Å². The summed E-state index contributed by atoms with van der Waals surface area (Å²) in [6, 6.07) is 14.1. The van der Waals surface area contributed by atoms with Gasteiger partial charge in [0.2, 0.25) is 5.91 Å². The second-order valence-electron chi connectivity index (χ2n) is 7.37. The molecule has 0 radical (unpaired) electrons. The van der Waals surface area contributed by atoms with Crippen LogP contribution in [0.4, 0.5) is 5.13 Å². The van der Waals surface area contributed by atoms with Crippen molar-refractivity contribution in [3.8, 4) is 22.8 Å². The monoisotopic (exact) mass is 438 g/mol. The maximum Gasteiger partial charge on any atom is 0.226 e. The Morgan fingerprint density at radius 1 is 1.06 bits per heavy atom. The number of benzene rings is 2. The van der Waals surface area contributed by atoms with Crippen LogP contribution in [0.3, 0.4) is 0 Å². The number of ether oxygens (including phenoxy) is 2. The van der Waals surface area contributed by atoms with Gasteiger partial charge in [0.05, 0.1) is 18.9 Å². The minimum absolute atomic E-state index is 0.0500. The zero-order valence-corrected chi connectivity index (χ0v) is 19.3. The SMILES string of the molecule is CCCCOc1ccc(CCC(=O)Nc2nc(-c3ccc(C)cc3)cs2)cc1OCC. The first-order valence-electron chi connectivity index (χ1n) is 10.8. The molecule has 0 unspecified atom stereocenters. The molecule has 1 amide bonds. The zero-order valence-electron chi connectivity index (χ0n) is 18.4. The van der Waals surface area contributed by atoms with Gasteiger partial charge in [-0.25, -0.2) is 4.98 Å². The smallest absolute Gasteiger partial charge is 0.226 e. The maximum absolute atomic E-state index is 12.4. The van der Waals surface area contributed by atoms with Gasteiger partial charge in [-0.1, -0.05) is 49.2 Å². The Morgan fingerprint density at radius 2 is 1.87 bits per heavy atom. The van der Waals surface area contributed by atoms with Crippen molar-refractivity contribution < 1.29 is 14.3 Å². The molecule has 0 aliphatic heterocycles. The molecule has 0 saturated carbocycles. The number of carbonyl (C=O) groups is 1. The molecule has 0 saturated heterocycles. The van der Waals surface area contributed by atoms with E-state index in [4.69, 9.17) is 9.47 Å². The van der Waals surface area contributed by atoms with E-state index in [1.807, 2.05) is 42.6 Å². The average molecular weight is 439 g/mol. The molecule has 31 heavy (non-hydrogen) atoms. The van der Waals surface area contributed by atoms with E-state index in [2.05, 4.69) is 36.3 Å². The Morgan fingerprint density at radius 3 is 2.61 bits per heavy atom. The quantitative estimate of drug-likeness (QED) is 0.359. The van der Waals surface area contributed by atoms with Gasteiger partial charge in [-0.15, -0.1) is 11.3 Å². The number of aromatic nitrogens is 1. The number of hydrogen-bond donors (Lipinski definition) is 1. The summed E-state index contributed by atoms with van der Waals surface area (Å²) in [7, 11) is 0. The van der Waals surface area contributed by atoms with Gasteiger partial charge >= 0.3 is 0 Å². The van der Waals surface area contributed by atoms with Gasteiger partial charge in [-0.2, -0.15) is 0 Å². The van der Waals surface area contributed by atoms with Crippen LogP contribution in [0.2, 0.25) is 0 Å². The van der Waals surface area contributed by atoms with Crippen molar-refractivity contribution in [3.63, 3.8) is 0 Å². The third-order valence-corrected chi connectivity index (χ3v) is 5.56. The Hall–Kier alpha value is -2.86. The Balaban J connectivity index is 1.55. The van der Waals surface area contributed by atoms with Crippen LogP contribution in [0.15, 0.2) is 47.8 Å². The summed E-state index contributed by atoms with van der Waals surface area (Å²) in [5.41, 5.74) is 4.17. The van der Waals surface area contributed by atoms with Crippen molar-refractivity contribution in [2.24, 2.45) is 0 Å². The first kappa shape index (κ1) is 22.8. The highest BCUT2D eigenvalue weighted by atomic mass is 32.1. The van der Waals surface area contributed by atoms with Gasteiger partial charge in [0.1, 0.15) is 0 Å². The summed E-state index contributed by atoms with van der Waals surface area (Å²) in [5, 5.41) is 5.50. The topological polar surface area (TPSA) is 60.5 Å². The molecule has 0 spiro atoms. The summed E-state index contributed by atoms with van der Waals surface area (Å²) < 4.78 is 11.6. The van der Waals surface area contributed by atoms with Gasteiger partial charge in [-0.3, -0.25) is 4.79 Å². The minimum Gasteiger partial charge on any atom is -0.490 e. The molecule has 1 heterocycles. The molecule has 0 bridgehead atoms. The zero-order chi connectivity index (χ0) is 22.1. The number of anilines is 1. The lowest BCUT2D eigenvalue weighted by atomic mass is 10.1. The number of unbranched alkanes of at least 4 members (excludes halogenated alkanes) is 1. The maximum atomic E-state index is 12.4. The van der Waals surface area contributed by atoms with E-state index >= 15 is 0 Å². The molecule has 1 aromatic heterocycles. The van der Waals surface area contributed by atoms with E-state index in [0.29, 0.717) is 31.2 Å². The highest BCUT2D eigenvalue weighted by molar-refractivity contribution is 7.14. The number of rotatable bonds is 11. The number of carbonyl (C=O) groups excluding carboxylic acids is 1. The summed E-state index contributed by atoms with van der Waals surface area (Å²) in [4.78, 5) is 17.0. The van der Waals surface area contributed by atoms with E-state index in [9.17, 15) is 4.79 Å². The number of nitrogens with one attached hydrogen (secondary N) is 1. The van der Waals surface area contributed by atoms with E-state index in [1.165, 1.54) is 16.9 Å². The summed E-state index contributed by atoms with van der Waals surface area (Å²) >= 11 is 1.44. The largest absolute Gasteiger partial charge is 0.490 e. The van der Waals surface area contributed by atoms with E-state index in [0.717, 1.165) is 41.2 Å². The second-order valence-corrected chi connectivity index (χ2v) is 8.23. The fraction of sp³-hybridized carbons (Fsp3) is 0.360. The standard InChI is InChI=1S/C25H30N2O3S/c1-4-6-15-30-22-13-9-19(16-23(22)29-5-2)10-14-24(28)27-25-26-21(17-31-25)20-11-7-18(3)8-12-20/h7-9,11-13,16-17H,4-6,10,14-15H2,1-3H3,(H,26,27,28). The second kappa shape index (κ2) is 11.5. The molecule has 2 aromatic carbocycles. The van der Waals surface area contributed by atoms with Crippen molar-refractivity contribution in [2.75, 3.05) is 18.5 Å². The predicted molar refractivity (Wildman–Crippen MR) is 127 cm³/mol. The predicted octanol–water partition coefficient (Wildman–Crippen LogP) is 6.27. The normalized spacial score (nSPS) is 10.7. The van der Waals surface area contributed by atoms with Crippen LogP contribution >= 0.6 is 11.3 Å². The lowest BCUT2D eigenvalue weighted by Gasteiger charge is -2.13. The van der Waals surface area contributed by atoms with Gasteiger partial charge in [-0.05, 0) is 44.4 Å². The summed E-state index contributed by atoms with van der Waals surface area (Å²) in [6.07, 6.45) is 3.09. The van der Waals surface area contributed by atoms with Crippen LogP contribution in [0, 0.1) is 6.92 Å². The first-order valence-corrected chi connectivity index (χ1v) is 11.7. The molecule has 0 aliphatic rings. The minimum atomic E-state index is -0.0500. The van der Waals surface area contributed by atoms with Crippen molar-refractivity contribution in [2.45, 2.75) is 46.5 Å². The Labute approximate surface area is 188 Å². The van der Waals surface area contributed by atoms with Crippen LogP contribution in [0.25, 0.3) is 11.3 Å². The fourth-order valence-corrected chi connectivity index (χ4v) is 3.79. The number of nitrogens with zero attached hydrogens (tertiary/aromatic N) is 1. The Bertz CT molecular complexity index is 983. The lowest BCUT2D eigenvalue weighted by molar-refractivity contribution is -0.116. The number of amides is 1. The number of thiazole rings is 1. The van der Waals surface area contributed by atoms with Crippen LogP contribution in [-0.2, 0) is 11.2 Å². The van der Waals surface area contributed by atoms with E-state index < -0.39 is 0 Å². The first-order chi connectivity index (χ1) is 15.1. The molecule has 6 heteroatoms. The molecular formula is C25H30N2O3S. The van der Waals surface area contributed by atoms with Crippen LogP contribution in [0.5, 0.6) is 11.5 Å². The van der Waals surface area contributed by atoms with E-state index in [1.54, 1.807) is 0 Å². The van der Waals surface area contributed by atoms with Crippen molar-refractivity contribution in [3.05, 3.63) is 59.0 Å². The highest BCUT2D eigenvalue weighted by Crippen LogP contribution is 2.29. The lowest BCUT2D eigenvalue weighted by Crippen LogP contribution is -2.12. The molecular weight excluding hydrogens is 408 g/mol. The van der Waals surface area contributed by atoms with Crippen LogP contribution in [0.1, 0.15) is 44.2 Å². The number of hydrogen-bond acceptors (Lipinski definition) is 5. The molecule has 3 rings (SSSR count). The average Bonchev–Trinajstić information content (AvgIpc) is 3.23. The van der Waals surface area contributed by atoms with Gasteiger partial charge in [0, 0.05) is 17.4 Å². The molecule has 1 N–H and O–H groups in total. The molecule has 0 atom stereocenters. The van der Waals surface area contributed by atoms with Gasteiger partial charge in [0.25, 0.3) is 0 Å². The third-order valence-electron chi connectivity index (χ3n) is 4.80. The van der Waals surface area contributed by atoms with Gasteiger partial charge < -0.3 is 14.8 Å².